The fraction of sp³-hybridized carbons (Fsp3) is 0.263. The van der Waals surface area contributed by atoms with Crippen molar-refractivity contribution in [3.8, 4) is 17.2 Å². The van der Waals surface area contributed by atoms with Crippen LogP contribution in [0, 0.1) is 13.8 Å². The van der Waals surface area contributed by atoms with Crippen LogP contribution >= 0.6 is 0 Å². The van der Waals surface area contributed by atoms with Crippen LogP contribution in [0.25, 0.3) is 0 Å². The highest BCUT2D eigenvalue weighted by molar-refractivity contribution is 5.86. The second kappa shape index (κ2) is 8.73. The van der Waals surface area contributed by atoms with Crippen LogP contribution in [0.1, 0.15) is 16.7 Å². The summed E-state index contributed by atoms with van der Waals surface area (Å²) < 4.78 is 15.9. The molecular formula is C19H22N2O4. The van der Waals surface area contributed by atoms with Crippen molar-refractivity contribution in [3.05, 3.63) is 53.1 Å². The Kier molecular flexibility index (Phi) is 6.39. The van der Waals surface area contributed by atoms with Gasteiger partial charge in [0.15, 0.2) is 6.61 Å². The minimum Gasteiger partial charge on any atom is -0.497 e. The molecule has 2 rings (SSSR count). The third-order valence-electron chi connectivity index (χ3n) is 3.39. The van der Waals surface area contributed by atoms with Gasteiger partial charge in [-0.25, -0.2) is 5.43 Å². The largest absolute Gasteiger partial charge is 0.497 e. The molecule has 1 amide bonds. The van der Waals surface area contributed by atoms with Gasteiger partial charge in [0.25, 0.3) is 5.91 Å². The zero-order valence-corrected chi connectivity index (χ0v) is 14.8. The van der Waals surface area contributed by atoms with Crippen molar-refractivity contribution in [1.82, 2.24) is 5.43 Å². The number of hydrazone groups is 1. The summed E-state index contributed by atoms with van der Waals surface area (Å²) in [7, 11) is 3.14. The summed E-state index contributed by atoms with van der Waals surface area (Å²) >= 11 is 0. The first-order valence-electron chi connectivity index (χ1n) is 7.77. The summed E-state index contributed by atoms with van der Waals surface area (Å²) in [6.45, 7) is 3.84. The molecule has 0 unspecified atom stereocenters. The SMILES string of the molecule is COc1ccc(OC)c(/C=N\NC(=O)COc2cc(C)cc(C)c2)c1. The van der Waals surface area contributed by atoms with Crippen molar-refractivity contribution >= 4 is 12.1 Å². The minimum absolute atomic E-state index is 0.116. The van der Waals surface area contributed by atoms with E-state index in [-0.39, 0.29) is 12.5 Å². The molecule has 132 valence electrons. The van der Waals surface area contributed by atoms with Crippen LogP contribution in [0.3, 0.4) is 0 Å². The number of ether oxygens (including phenoxy) is 3. The van der Waals surface area contributed by atoms with Crippen LogP contribution in [0.4, 0.5) is 0 Å². The Balaban J connectivity index is 1.92. The number of amides is 1. The van der Waals surface area contributed by atoms with E-state index in [1.165, 1.54) is 6.21 Å². The molecule has 0 radical (unpaired) electrons. The Morgan fingerprint density at radius 2 is 1.76 bits per heavy atom. The number of aryl methyl sites for hydroxylation is 2. The average Bonchev–Trinajstić information content (AvgIpc) is 2.59. The summed E-state index contributed by atoms with van der Waals surface area (Å²) in [5, 5.41) is 3.93. The van der Waals surface area contributed by atoms with Crippen molar-refractivity contribution in [2.24, 2.45) is 5.10 Å². The molecule has 0 aliphatic rings. The molecule has 0 aliphatic carbocycles. The van der Waals surface area contributed by atoms with Gasteiger partial charge in [-0.15, -0.1) is 0 Å². The van der Waals surface area contributed by atoms with Gasteiger partial charge in [-0.05, 0) is 55.3 Å². The highest BCUT2D eigenvalue weighted by Gasteiger charge is 2.05. The normalized spacial score (nSPS) is 10.6. The lowest BCUT2D eigenvalue weighted by molar-refractivity contribution is -0.123. The number of rotatable bonds is 7. The summed E-state index contributed by atoms with van der Waals surface area (Å²) in [5.74, 6) is 1.61. The van der Waals surface area contributed by atoms with Crippen LogP contribution in [0.5, 0.6) is 17.2 Å². The monoisotopic (exact) mass is 342 g/mol. The van der Waals surface area contributed by atoms with Crippen molar-refractivity contribution in [3.63, 3.8) is 0 Å². The van der Waals surface area contributed by atoms with Crippen LogP contribution in [0.15, 0.2) is 41.5 Å². The Morgan fingerprint density at radius 3 is 2.40 bits per heavy atom. The Morgan fingerprint density at radius 1 is 1.04 bits per heavy atom. The molecule has 25 heavy (non-hydrogen) atoms. The maximum atomic E-state index is 11.8. The second-order valence-corrected chi connectivity index (χ2v) is 5.51. The molecule has 0 aromatic heterocycles. The second-order valence-electron chi connectivity index (χ2n) is 5.51. The van der Waals surface area contributed by atoms with E-state index < -0.39 is 0 Å². The molecule has 0 fully saturated rings. The summed E-state index contributed by atoms with van der Waals surface area (Å²) in [5.41, 5.74) is 5.28. The van der Waals surface area contributed by atoms with E-state index in [9.17, 15) is 4.79 Å². The van der Waals surface area contributed by atoms with Gasteiger partial charge in [-0.1, -0.05) is 6.07 Å². The molecule has 2 aromatic carbocycles. The minimum atomic E-state index is -0.350. The zero-order chi connectivity index (χ0) is 18.2. The van der Waals surface area contributed by atoms with E-state index in [2.05, 4.69) is 10.5 Å². The van der Waals surface area contributed by atoms with E-state index in [0.29, 0.717) is 22.8 Å². The lowest BCUT2D eigenvalue weighted by Gasteiger charge is -2.08. The van der Waals surface area contributed by atoms with Gasteiger partial charge < -0.3 is 14.2 Å². The Labute approximate surface area is 147 Å². The lowest BCUT2D eigenvalue weighted by atomic mass is 10.1. The van der Waals surface area contributed by atoms with Crippen LogP contribution < -0.4 is 19.6 Å². The molecule has 2 aromatic rings. The number of carbonyl (C=O) groups excluding carboxylic acids is 1. The van der Waals surface area contributed by atoms with Gasteiger partial charge in [0.2, 0.25) is 0 Å². The predicted molar refractivity (Wildman–Crippen MR) is 96.7 cm³/mol. The maximum Gasteiger partial charge on any atom is 0.277 e. The van der Waals surface area contributed by atoms with E-state index in [0.717, 1.165) is 11.1 Å². The third-order valence-corrected chi connectivity index (χ3v) is 3.39. The molecule has 0 aliphatic heterocycles. The lowest BCUT2D eigenvalue weighted by Crippen LogP contribution is -2.24. The fourth-order valence-corrected chi connectivity index (χ4v) is 2.31. The number of carbonyl (C=O) groups is 1. The third kappa shape index (κ3) is 5.53. The molecule has 0 heterocycles. The van der Waals surface area contributed by atoms with Gasteiger partial charge in [-0.2, -0.15) is 5.10 Å². The molecule has 6 nitrogen and oxygen atoms in total. The first kappa shape index (κ1) is 18.3. The molecule has 0 atom stereocenters. The van der Waals surface area contributed by atoms with Gasteiger partial charge in [0.05, 0.1) is 20.4 Å². The maximum absolute atomic E-state index is 11.8. The van der Waals surface area contributed by atoms with Crippen LogP contribution in [-0.2, 0) is 4.79 Å². The number of nitrogens with zero attached hydrogens (tertiary/aromatic N) is 1. The van der Waals surface area contributed by atoms with E-state index in [1.807, 2.05) is 32.0 Å². The fourth-order valence-electron chi connectivity index (χ4n) is 2.31. The molecule has 0 spiro atoms. The van der Waals surface area contributed by atoms with E-state index in [4.69, 9.17) is 14.2 Å². The molecule has 0 saturated carbocycles. The van der Waals surface area contributed by atoms with Crippen molar-refractivity contribution in [2.75, 3.05) is 20.8 Å². The van der Waals surface area contributed by atoms with Gasteiger partial charge in [0, 0.05) is 5.56 Å². The highest BCUT2D eigenvalue weighted by Crippen LogP contribution is 2.22. The average molecular weight is 342 g/mol. The Bertz CT molecular complexity index is 752. The molecule has 0 saturated heterocycles. The summed E-state index contributed by atoms with van der Waals surface area (Å²) in [6, 6.07) is 11.1. The van der Waals surface area contributed by atoms with Gasteiger partial charge in [-0.3, -0.25) is 4.79 Å². The highest BCUT2D eigenvalue weighted by atomic mass is 16.5. The Hall–Kier alpha value is -3.02. The standard InChI is InChI=1S/C19H22N2O4/c1-13-7-14(2)9-17(8-13)25-12-19(22)21-20-11-15-10-16(23-3)5-6-18(15)24-4/h5-11H,12H2,1-4H3,(H,21,22)/b20-11-. The van der Waals surface area contributed by atoms with Crippen molar-refractivity contribution < 1.29 is 19.0 Å². The van der Waals surface area contributed by atoms with Gasteiger partial charge >= 0.3 is 0 Å². The first-order valence-corrected chi connectivity index (χ1v) is 7.77. The number of hydrogen-bond donors (Lipinski definition) is 1. The first-order chi connectivity index (χ1) is 12.0. The number of nitrogens with one attached hydrogen (secondary N) is 1. The molecular weight excluding hydrogens is 320 g/mol. The van der Waals surface area contributed by atoms with Crippen LogP contribution in [-0.4, -0.2) is 32.9 Å². The van der Waals surface area contributed by atoms with Crippen molar-refractivity contribution in [1.29, 1.82) is 0 Å². The van der Waals surface area contributed by atoms with Gasteiger partial charge in [0.1, 0.15) is 17.2 Å². The van der Waals surface area contributed by atoms with Crippen molar-refractivity contribution in [2.45, 2.75) is 13.8 Å². The number of hydrogen-bond acceptors (Lipinski definition) is 5. The van der Waals surface area contributed by atoms with Crippen LogP contribution in [0.2, 0.25) is 0 Å². The predicted octanol–water partition coefficient (Wildman–Crippen LogP) is 2.85. The van der Waals surface area contributed by atoms with E-state index in [1.54, 1.807) is 32.4 Å². The smallest absolute Gasteiger partial charge is 0.277 e. The topological polar surface area (TPSA) is 69.2 Å². The molecule has 6 heteroatoms. The molecule has 0 bridgehead atoms. The number of methoxy groups -OCH3 is 2. The quantitative estimate of drug-likeness (QED) is 0.620. The zero-order valence-electron chi connectivity index (χ0n) is 14.8. The summed E-state index contributed by atoms with van der Waals surface area (Å²) in [6.07, 6.45) is 1.50. The molecule has 1 N–H and O–H groups in total. The number of benzene rings is 2. The summed E-state index contributed by atoms with van der Waals surface area (Å²) in [4.78, 5) is 11.8. The van der Waals surface area contributed by atoms with E-state index >= 15 is 0 Å².